The summed E-state index contributed by atoms with van der Waals surface area (Å²) < 4.78 is 41.5. The highest BCUT2D eigenvalue weighted by molar-refractivity contribution is 7.90. The molecule has 0 radical (unpaired) electrons. The minimum atomic E-state index is -3.96. The molecule has 7 rings (SSSR count). The number of nitrogens with zero attached hydrogens (tertiary/aromatic N) is 2. The van der Waals surface area contributed by atoms with Gasteiger partial charge in [0.1, 0.15) is 11.4 Å². The van der Waals surface area contributed by atoms with Crippen LogP contribution in [-0.4, -0.2) is 87.7 Å². The Labute approximate surface area is 314 Å². The Morgan fingerprint density at radius 1 is 1.06 bits per heavy atom. The number of aliphatic hydroxyl groups is 1. The minimum Gasteiger partial charge on any atom is -0.490 e. The van der Waals surface area contributed by atoms with E-state index < -0.39 is 26.8 Å². The number of unbranched alkanes of at least 4 members (excludes halogenated alkanes) is 1. The van der Waals surface area contributed by atoms with E-state index in [0.29, 0.717) is 51.1 Å². The number of carbonyl (C=O) groups is 1. The molecule has 0 unspecified atom stereocenters. The minimum absolute atomic E-state index is 0.0175. The smallest absolute Gasteiger partial charge is 0.264 e. The highest BCUT2D eigenvalue weighted by Crippen LogP contribution is 2.49. The summed E-state index contributed by atoms with van der Waals surface area (Å²) in [4.78, 5) is 18.3. The summed E-state index contributed by atoms with van der Waals surface area (Å²) in [6, 6.07) is 11.5. The molecule has 3 aliphatic heterocycles. The van der Waals surface area contributed by atoms with Crippen molar-refractivity contribution in [2.45, 2.75) is 94.3 Å². The molecule has 0 aromatic heterocycles. The van der Waals surface area contributed by atoms with Gasteiger partial charge in [0.15, 0.2) is 0 Å². The van der Waals surface area contributed by atoms with Crippen molar-refractivity contribution in [1.29, 1.82) is 0 Å². The number of morpholine rings is 1. The first-order valence-corrected chi connectivity index (χ1v) is 21.3. The Balaban J connectivity index is 1.23. The van der Waals surface area contributed by atoms with Gasteiger partial charge in [0.05, 0.1) is 30.8 Å². The van der Waals surface area contributed by atoms with E-state index in [1.54, 1.807) is 25.1 Å². The number of anilines is 1. The number of benzene rings is 2. The first-order valence-electron chi connectivity index (χ1n) is 19.4. The van der Waals surface area contributed by atoms with Crippen LogP contribution in [0.1, 0.15) is 93.1 Å². The number of ether oxygens (including phenoxy) is 2. The van der Waals surface area contributed by atoms with Crippen molar-refractivity contribution in [3.63, 3.8) is 0 Å². The lowest BCUT2D eigenvalue weighted by molar-refractivity contribution is -0.0448. The molecule has 1 amide bonds. The summed E-state index contributed by atoms with van der Waals surface area (Å²) in [7, 11) is -3.96. The number of rotatable bonds is 3. The van der Waals surface area contributed by atoms with Crippen LogP contribution < -0.4 is 14.4 Å². The van der Waals surface area contributed by atoms with Crippen molar-refractivity contribution in [2.75, 3.05) is 57.4 Å². The van der Waals surface area contributed by atoms with Gasteiger partial charge in [-0.3, -0.25) is 9.69 Å². The molecule has 2 aromatic rings. The number of amides is 1. The van der Waals surface area contributed by atoms with Crippen LogP contribution in [0.2, 0.25) is 5.02 Å². The first-order chi connectivity index (χ1) is 25.0. The number of fused-ring (bicyclic) bond motifs is 4. The van der Waals surface area contributed by atoms with Gasteiger partial charge in [-0.15, -0.1) is 5.92 Å². The maximum absolute atomic E-state index is 13.6. The van der Waals surface area contributed by atoms with Gasteiger partial charge >= 0.3 is 0 Å². The zero-order valence-corrected chi connectivity index (χ0v) is 32.2. The second-order valence-corrected chi connectivity index (χ2v) is 18.5. The number of nitrogens with one attached hydrogen (secondary N) is 1. The fourth-order valence-corrected chi connectivity index (χ4v) is 10.7. The molecule has 9 nitrogen and oxygen atoms in total. The van der Waals surface area contributed by atoms with Gasteiger partial charge < -0.3 is 19.5 Å². The second-order valence-electron chi connectivity index (χ2n) is 16.1. The van der Waals surface area contributed by atoms with Crippen molar-refractivity contribution >= 4 is 33.2 Å². The molecular weight excluding hydrogens is 698 g/mol. The maximum Gasteiger partial charge on any atom is 0.264 e. The average Bonchev–Trinajstić information content (AvgIpc) is 3.26. The molecule has 2 aliphatic carbocycles. The first kappa shape index (κ1) is 37.5. The summed E-state index contributed by atoms with van der Waals surface area (Å²) in [5.74, 6) is 6.77. The van der Waals surface area contributed by atoms with Gasteiger partial charge in [-0.2, -0.15) is 0 Å². The van der Waals surface area contributed by atoms with E-state index in [2.05, 4.69) is 38.5 Å². The average molecular weight is 752 g/mol. The normalized spacial score (nSPS) is 32.2. The van der Waals surface area contributed by atoms with Crippen LogP contribution in [0, 0.1) is 29.6 Å². The molecule has 1 spiro atoms. The Hall–Kier alpha value is -2.81. The van der Waals surface area contributed by atoms with Gasteiger partial charge in [0.2, 0.25) is 10.0 Å². The lowest BCUT2D eigenvalue weighted by atomic mass is 9.63. The highest BCUT2D eigenvalue weighted by atomic mass is 35.5. The van der Waals surface area contributed by atoms with Crippen molar-refractivity contribution in [2.24, 2.45) is 17.8 Å². The lowest BCUT2D eigenvalue weighted by Gasteiger charge is -2.48. The summed E-state index contributed by atoms with van der Waals surface area (Å²) in [6.45, 7) is 9.80. The third-order valence-electron chi connectivity index (χ3n) is 12.7. The summed E-state index contributed by atoms with van der Waals surface area (Å²) >= 11 is 6.47. The predicted octanol–water partition coefficient (Wildman–Crippen LogP) is 5.95. The zero-order valence-electron chi connectivity index (χ0n) is 30.7. The molecule has 1 saturated heterocycles. The van der Waals surface area contributed by atoms with Crippen molar-refractivity contribution in [1.82, 2.24) is 9.62 Å². The number of aryl methyl sites for hydroxylation is 1. The van der Waals surface area contributed by atoms with E-state index in [1.807, 2.05) is 13.0 Å². The molecule has 282 valence electrons. The zero-order chi connectivity index (χ0) is 36.5. The molecule has 3 heterocycles. The van der Waals surface area contributed by atoms with Crippen molar-refractivity contribution in [3.05, 3.63) is 58.1 Å². The number of hydrogen-bond donors (Lipinski definition) is 2. The Morgan fingerprint density at radius 2 is 1.88 bits per heavy atom. The van der Waals surface area contributed by atoms with Crippen LogP contribution in [-0.2, 0) is 26.6 Å². The predicted molar refractivity (Wildman–Crippen MR) is 205 cm³/mol. The standard InChI is InChI=1S/C41H54ClN3O6S/c1-29-8-6-18-41(47,17-4-3-5-19-44-20-22-50-23-21-44)36-13-10-33(36)26-45-27-40(16-7-9-31-24-34(42)12-14-35(31)40)28-51-38-15-11-32(25-37(38)45)39(46)43-52(48,49)30(29)2/h11-12,14-15,24-25,29-30,33,36,47H,3,5-10,13,16,18-23,26-28H2,1-2H3,(H,43,46)/t29-,30+,33-,36+,40-,41-/m0/s1. The maximum atomic E-state index is 13.6. The number of sulfonamides is 1. The number of carbonyl (C=O) groups excluding carboxylic acids is 1. The summed E-state index contributed by atoms with van der Waals surface area (Å²) in [6.07, 6.45) is 8.16. The molecule has 2 aromatic carbocycles. The molecular formula is C41H54ClN3O6S. The molecule has 6 atom stereocenters. The Kier molecular flexibility index (Phi) is 11.2. The van der Waals surface area contributed by atoms with E-state index in [9.17, 15) is 18.3 Å². The SMILES string of the molecule is C[C@@H]1[C@@H](C)CCC[C@@](O)(C#CCCCN2CCOCC2)[C@@H]2CC[C@H]2CN2C[C@@]3(CCCc4cc(Cl)ccc43)COc3ccc(cc32)C(=O)NS1(=O)=O. The third-order valence-corrected chi connectivity index (χ3v) is 14.9. The van der Waals surface area contributed by atoms with Crippen LogP contribution in [0.4, 0.5) is 5.69 Å². The van der Waals surface area contributed by atoms with Crippen molar-refractivity contribution in [3.8, 4) is 17.6 Å². The van der Waals surface area contributed by atoms with E-state index in [1.165, 1.54) is 11.1 Å². The van der Waals surface area contributed by atoms with Crippen LogP contribution in [0.25, 0.3) is 0 Å². The molecule has 5 aliphatic rings. The lowest BCUT2D eigenvalue weighted by Crippen LogP contribution is -2.52. The van der Waals surface area contributed by atoms with Crippen LogP contribution in [0.15, 0.2) is 36.4 Å². The fourth-order valence-electron chi connectivity index (χ4n) is 9.24. The quantitative estimate of drug-likeness (QED) is 0.293. The van der Waals surface area contributed by atoms with Gasteiger partial charge in [-0.1, -0.05) is 30.5 Å². The molecule has 2 bridgehead atoms. The molecule has 52 heavy (non-hydrogen) atoms. The summed E-state index contributed by atoms with van der Waals surface area (Å²) in [5.41, 5.74) is 2.08. The third kappa shape index (κ3) is 7.86. The van der Waals surface area contributed by atoms with Gasteiger partial charge in [0.25, 0.3) is 5.91 Å². The van der Waals surface area contributed by atoms with Gasteiger partial charge in [0, 0.05) is 54.5 Å². The number of halogens is 1. The van der Waals surface area contributed by atoms with Crippen LogP contribution >= 0.6 is 11.6 Å². The van der Waals surface area contributed by atoms with Gasteiger partial charge in [-0.05, 0) is 125 Å². The van der Waals surface area contributed by atoms with Gasteiger partial charge in [-0.25, -0.2) is 13.1 Å². The Bertz CT molecular complexity index is 1800. The van der Waals surface area contributed by atoms with Crippen molar-refractivity contribution < 1.29 is 27.8 Å². The van der Waals surface area contributed by atoms with E-state index in [0.717, 1.165) is 82.1 Å². The van der Waals surface area contributed by atoms with Crippen LogP contribution in [0.5, 0.6) is 5.75 Å². The molecule has 2 N–H and O–H groups in total. The second kappa shape index (κ2) is 15.5. The number of hydrogen-bond acceptors (Lipinski definition) is 8. The Morgan fingerprint density at radius 3 is 2.67 bits per heavy atom. The monoisotopic (exact) mass is 751 g/mol. The molecule has 11 heteroatoms. The summed E-state index contributed by atoms with van der Waals surface area (Å²) in [5, 5.41) is 12.4. The topological polar surface area (TPSA) is 108 Å². The van der Waals surface area contributed by atoms with Crippen LogP contribution in [0.3, 0.4) is 0 Å². The molecule has 1 saturated carbocycles. The van der Waals surface area contributed by atoms with E-state index >= 15 is 0 Å². The fraction of sp³-hybridized carbons (Fsp3) is 0.634. The van der Waals surface area contributed by atoms with E-state index in [-0.39, 0.29) is 28.7 Å². The largest absolute Gasteiger partial charge is 0.490 e. The van der Waals surface area contributed by atoms with E-state index in [4.69, 9.17) is 21.1 Å². The molecule has 2 fully saturated rings. The highest BCUT2D eigenvalue weighted by Gasteiger charge is 2.48.